The van der Waals surface area contributed by atoms with Crippen LogP contribution in [0.1, 0.15) is 53.2 Å². The van der Waals surface area contributed by atoms with E-state index in [4.69, 9.17) is 14.6 Å². The van der Waals surface area contributed by atoms with Crippen molar-refractivity contribution in [2.24, 2.45) is 0 Å². The molecule has 6 heteroatoms. The van der Waals surface area contributed by atoms with E-state index < -0.39 is 12.1 Å². The summed E-state index contributed by atoms with van der Waals surface area (Å²) in [5.41, 5.74) is 5.74. The maximum absolute atomic E-state index is 11.1. The number of aromatic carboxylic acids is 1. The second kappa shape index (κ2) is 11.6. The molecule has 0 radical (unpaired) electrons. The summed E-state index contributed by atoms with van der Waals surface area (Å²) in [6.07, 6.45) is 1.21. The summed E-state index contributed by atoms with van der Waals surface area (Å²) in [5, 5.41) is 22.8. The number of carbonyl (C=O) groups is 1. The van der Waals surface area contributed by atoms with Crippen molar-refractivity contribution in [1.29, 1.82) is 0 Å². The minimum absolute atomic E-state index is 0.0376. The first-order valence-electron chi connectivity index (χ1n) is 12.6. The highest BCUT2D eigenvalue weighted by Crippen LogP contribution is 2.32. The fourth-order valence-electron chi connectivity index (χ4n) is 4.47. The molecule has 1 aliphatic rings. The zero-order valence-electron chi connectivity index (χ0n) is 21.2. The van der Waals surface area contributed by atoms with Crippen LogP contribution in [-0.4, -0.2) is 48.1 Å². The van der Waals surface area contributed by atoms with Gasteiger partial charge >= 0.3 is 5.97 Å². The van der Waals surface area contributed by atoms with E-state index in [-0.39, 0.29) is 18.3 Å². The predicted molar refractivity (Wildman–Crippen MR) is 141 cm³/mol. The first kappa shape index (κ1) is 25.7. The van der Waals surface area contributed by atoms with Gasteiger partial charge in [0.15, 0.2) is 0 Å². The third-order valence-corrected chi connectivity index (χ3v) is 6.53. The van der Waals surface area contributed by atoms with Crippen LogP contribution in [0.5, 0.6) is 11.5 Å². The van der Waals surface area contributed by atoms with Crippen molar-refractivity contribution in [3.05, 3.63) is 82.9 Å². The van der Waals surface area contributed by atoms with Crippen LogP contribution in [-0.2, 0) is 6.42 Å². The maximum Gasteiger partial charge on any atom is 0.335 e. The molecule has 0 spiro atoms. The first-order chi connectivity index (χ1) is 17.3. The third-order valence-electron chi connectivity index (χ3n) is 6.53. The van der Waals surface area contributed by atoms with E-state index in [2.05, 4.69) is 37.4 Å². The average molecular weight is 490 g/mol. The molecule has 36 heavy (non-hydrogen) atoms. The highest BCUT2D eigenvalue weighted by atomic mass is 16.5. The van der Waals surface area contributed by atoms with Gasteiger partial charge in [0, 0.05) is 13.1 Å². The second-order valence-electron chi connectivity index (χ2n) is 9.80. The molecular formula is C30H35NO5. The molecule has 0 aromatic heterocycles. The van der Waals surface area contributed by atoms with Crippen LogP contribution >= 0.6 is 0 Å². The molecule has 3 N–H and O–H groups in total. The van der Waals surface area contributed by atoms with Crippen LogP contribution in [0.15, 0.2) is 60.7 Å². The summed E-state index contributed by atoms with van der Waals surface area (Å²) in [6.45, 7) is 7.63. The van der Waals surface area contributed by atoms with E-state index in [0.29, 0.717) is 19.0 Å². The number of aliphatic hydroxyl groups excluding tert-OH is 1. The highest BCUT2D eigenvalue weighted by Gasteiger charge is 2.20. The van der Waals surface area contributed by atoms with Crippen molar-refractivity contribution in [2.75, 3.05) is 19.7 Å². The third kappa shape index (κ3) is 6.45. The van der Waals surface area contributed by atoms with E-state index in [9.17, 15) is 9.90 Å². The molecule has 0 saturated carbocycles. The normalized spacial score (nSPS) is 15.8. The van der Waals surface area contributed by atoms with Crippen molar-refractivity contribution in [2.45, 2.75) is 51.7 Å². The molecule has 0 amide bonds. The Bertz CT molecular complexity index is 1190. The number of aliphatic hydroxyl groups is 1. The first-order valence-corrected chi connectivity index (χ1v) is 12.6. The summed E-state index contributed by atoms with van der Waals surface area (Å²) in [7, 11) is 0. The fourth-order valence-corrected chi connectivity index (χ4v) is 4.47. The lowest BCUT2D eigenvalue weighted by atomic mass is 9.96. The minimum atomic E-state index is -0.924. The van der Waals surface area contributed by atoms with Gasteiger partial charge in [0.1, 0.15) is 30.3 Å². The Labute approximate surface area is 212 Å². The topological polar surface area (TPSA) is 88.0 Å². The molecule has 3 aromatic carbocycles. The standard InChI is InChI=1S/C30H35NO5/c1-19(2)27-12-4-20(3)14-29(27)35-18-25(32)16-31-17-26-11-9-24-15-23(10-13-28(24)36-26)21-5-7-22(8-6-21)30(33)34/h4-8,10,12-15,19,25-26,31-32H,9,11,16-18H2,1-3H3,(H,33,34)/t25-,26-/m1/s1. The zero-order valence-corrected chi connectivity index (χ0v) is 21.2. The van der Waals surface area contributed by atoms with E-state index in [0.717, 1.165) is 52.2 Å². The lowest BCUT2D eigenvalue weighted by Gasteiger charge is -2.27. The minimum Gasteiger partial charge on any atom is -0.491 e. The van der Waals surface area contributed by atoms with Crippen molar-refractivity contribution in [3.63, 3.8) is 0 Å². The van der Waals surface area contributed by atoms with Crippen LogP contribution in [0, 0.1) is 6.92 Å². The zero-order chi connectivity index (χ0) is 25.7. The number of ether oxygens (including phenoxy) is 2. The number of aryl methyl sites for hydroxylation is 2. The van der Waals surface area contributed by atoms with Gasteiger partial charge < -0.3 is 25.0 Å². The summed E-state index contributed by atoms with van der Waals surface area (Å²) in [5.74, 6) is 1.15. The van der Waals surface area contributed by atoms with E-state index in [1.807, 2.05) is 37.3 Å². The number of fused-ring (bicyclic) bond motifs is 1. The van der Waals surface area contributed by atoms with Crippen molar-refractivity contribution >= 4 is 5.97 Å². The van der Waals surface area contributed by atoms with Gasteiger partial charge in [0.2, 0.25) is 0 Å². The summed E-state index contributed by atoms with van der Waals surface area (Å²) in [4.78, 5) is 11.1. The van der Waals surface area contributed by atoms with Crippen LogP contribution in [0.25, 0.3) is 11.1 Å². The molecule has 0 saturated heterocycles. The Morgan fingerprint density at radius 1 is 1.08 bits per heavy atom. The smallest absolute Gasteiger partial charge is 0.335 e. The number of benzene rings is 3. The van der Waals surface area contributed by atoms with Crippen molar-refractivity contribution in [1.82, 2.24) is 5.32 Å². The molecule has 1 heterocycles. The predicted octanol–water partition coefficient (Wildman–Crippen LogP) is 5.21. The average Bonchev–Trinajstić information content (AvgIpc) is 2.87. The number of hydrogen-bond acceptors (Lipinski definition) is 5. The van der Waals surface area contributed by atoms with Gasteiger partial charge in [-0.2, -0.15) is 0 Å². The molecule has 190 valence electrons. The van der Waals surface area contributed by atoms with Crippen LogP contribution in [0.3, 0.4) is 0 Å². The lowest BCUT2D eigenvalue weighted by Crippen LogP contribution is -2.39. The van der Waals surface area contributed by atoms with Crippen LogP contribution in [0.2, 0.25) is 0 Å². The Kier molecular flexibility index (Phi) is 8.28. The van der Waals surface area contributed by atoms with Gasteiger partial charge in [-0.05, 0) is 83.8 Å². The Hall–Kier alpha value is -3.35. The fraction of sp³-hybridized carbons (Fsp3) is 0.367. The SMILES string of the molecule is Cc1ccc(C(C)C)c(OC[C@H](O)CNC[C@H]2CCc3cc(-c4ccc(C(=O)O)cc4)ccc3O2)c1. The molecule has 0 unspecified atom stereocenters. The van der Waals surface area contributed by atoms with Crippen molar-refractivity contribution < 1.29 is 24.5 Å². The number of carboxylic acid groups (broad SMARTS) is 1. The maximum atomic E-state index is 11.1. The van der Waals surface area contributed by atoms with Gasteiger partial charge in [-0.3, -0.25) is 0 Å². The number of nitrogens with one attached hydrogen (secondary N) is 1. The summed E-state index contributed by atoms with van der Waals surface area (Å²) < 4.78 is 12.1. The van der Waals surface area contributed by atoms with Gasteiger partial charge in [0.05, 0.1) is 5.56 Å². The van der Waals surface area contributed by atoms with Gasteiger partial charge in [0.25, 0.3) is 0 Å². The molecular weight excluding hydrogens is 454 g/mol. The Balaban J connectivity index is 1.25. The van der Waals surface area contributed by atoms with E-state index >= 15 is 0 Å². The van der Waals surface area contributed by atoms with Gasteiger partial charge in [-0.1, -0.05) is 44.2 Å². The summed E-state index contributed by atoms with van der Waals surface area (Å²) >= 11 is 0. The molecule has 2 atom stereocenters. The molecule has 4 rings (SSSR count). The molecule has 0 bridgehead atoms. The number of rotatable bonds is 10. The van der Waals surface area contributed by atoms with Crippen LogP contribution < -0.4 is 14.8 Å². The molecule has 0 aliphatic carbocycles. The molecule has 3 aromatic rings. The highest BCUT2D eigenvalue weighted by molar-refractivity contribution is 5.88. The quantitative estimate of drug-likeness (QED) is 0.363. The van der Waals surface area contributed by atoms with Crippen LogP contribution in [0.4, 0.5) is 0 Å². The van der Waals surface area contributed by atoms with Crippen molar-refractivity contribution in [3.8, 4) is 22.6 Å². The van der Waals surface area contributed by atoms with E-state index in [1.54, 1.807) is 12.1 Å². The Morgan fingerprint density at radius 3 is 2.56 bits per heavy atom. The van der Waals surface area contributed by atoms with E-state index in [1.165, 1.54) is 0 Å². The lowest BCUT2D eigenvalue weighted by molar-refractivity contribution is 0.0697. The number of hydrogen-bond donors (Lipinski definition) is 3. The summed E-state index contributed by atoms with van der Waals surface area (Å²) in [6, 6.07) is 19.2. The Morgan fingerprint density at radius 2 is 1.83 bits per heavy atom. The molecule has 1 aliphatic heterocycles. The monoisotopic (exact) mass is 489 g/mol. The van der Waals surface area contributed by atoms with Gasteiger partial charge in [-0.15, -0.1) is 0 Å². The molecule has 0 fully saturated rings. The molecule has 6 nitrogen and oxygen atoms in total. The van der Waals surface area contributed by atoms with Gasteiger partial charge in [-0.25, -0.2) is 4.79 Å². The second-order valence-corrected chi connectivity index (χ2v) is 9.80. The largest absolute Gasteiger partial charge is 0.491 e. The number of carboxylic acids is 1.